The van der Waals surface area contributed by atoms with Gasteiger partial charge >= 0.3 is 0 Å². The predicted octanol–water partition coefficient (Wildman–Crippen LogP) is 3.54. The first-order chi connectivity index (χ1) is 7.86. The second-order valence-electron chi connectivity index (χ2n) is 3.93. The van der Waals surface area contributed by atoms with E-state index in [1.165, 1.54) is 24.8 Å². The van der Waals surface area contributed by atoms with E-state index in [0.29, 0.717) is 6.54 Å². The minimum absolute atomic E-state index is 0.677. The van der Waals surface area contributed by atoms with E-state index in [4.69, 9.17) is 4.74 Å². The number of rotatable bonds is 8. The van der Waals surface area contributed by atoms with Crippen LogP contribution in [0.15, 0.2) is 24.3 Å². The SMILES string of the molecule is [CH2-][N]Cc1ccc(OCCCCCC)cc1. The minimum atomic E-state index is 0.677. The van der Waals surface area contributed by atoms with Crippen molar-refractivity contribution in [3.63, 3.8) is 0 Å². The summed E-state index contributed by atoms with van der Waals surface area (Å²) in [6, 6.07) is 8.08. The predicted molar refractivity (Wildman–Crippen MR) is 67.3 cm³/mol. The third-order valence-corrected chi connectivity index (χ3v) is 2.48. The highest BCUT2D eigenvalue weighted by Gasteiger charge is 1.94. The third-order valence-electron chi connectivity index (χ3n) is 2.48. The Bertz CT molecular complexity index is 269. The minimum Gasteiger partial charge on any atom is -0.494 e. The summed E-state index contributed by atoms with van der Waals surface area (Å²) in [5, 5.41) is 3.84. The standard InChI is InChI=1S/C14H21NO/c1-3-4-5-6-11-16-14-9-7-13(8-10-14)12-15-2/h7-10H,2-6,11-12H2,1H3/q-1. The number of nitrogens with zero attached hydrogens (tertiary/aromatic N) is 1. The van der Waals surface area contributed by atoms with Crippen LogP contribution in [0.2, 0.25) is 0 Å². The molecular formula is C14H21NO-. The topological polar surface area (TPSA) is 23.3 Å². The summed E-state index contributed by atoms with van der Waals surface area (Å²) in [6.45, 7) is 3.71. The molecule has 0 saturated carbocycles. The van der Waals surface area contributed by atoms with E-state index in [9.17, 15) is 0 Å². The van der Waals surface area contributed by atoms with Crippen molar-refractivity contribution < 1.29 is 4.74 Å². The summed E-state index contributed by atoms with van der Waals surface area (Å²) in [7, 11) is 3.48. The quantitative estimate of drug-likeness (QED) is 0.484. The number of hydrogen-bond acceptors (Lipinski definition) is 1. The molecule has 0 saturated heterocycles. The van der Waals surface area contributed by atoms with Crippen molar-refractivity contribution in [1.82, 2.24) is 5.32 Å². The number of hydrogen-bond donors (Lipinski definition) is 0. The van der Waals surface area contributed by atoms with Gasteiger partial charge < -0.3 is 10.1 Å². The van der Waals surface area contributed by atoms with Gasteiger partial charge in [0.05, 0.1) is 6.61 Å². The maximum Gasteiger partial charge on any atom is 0.119 e. The summed E-state index contributed by atoms with van der Waals surface area (Å²) < 4.78 is 5.64. The fourth-order valence-corrected chi connectivity index (χ4v) is 1.54. The second kappa shape index (κ2) is 8.17. The molecule has 0 unspecified atom stereocenters. The first-order valence-electron chi connectivity index (χ1n) is 6.01. The van der Waals surface area contributed by atoms with Gasteiger partial charge in [-0.1, -0.05) is 38.3 Å². The zero-order valence-electron chi connectivity index (χ0n) is 10.1. The average Bonchev–Trinajstić information content (AvgIpc) is 2.31. The molecule has 0 amide bonds. The molecule has 0 N–H and O–H groups in total. The van der Waals surface area contributed by atoms with Crippen LogP contribution in [0, 0.1) is 7.05 Å². The Balaban J connectivity index is 2.21. The van der Waals surface area contributed by atoms with Gasteiger partial charge in [-0.25, -0.2) is 0 Å². The Labute approximate surface area is 99.0 Å². The van der Waals surface area contributed by atoms with Gasteiger partial charge in [0, 0.05) is 6.54 Å². The largest absolute Gasteiger partial charge is 0.494 e. The van der Waals surface area contributed by atoms with Crippen molar-refractivity contribution in [3.8, 4) is 5.75 Å². The molecule has 1 aromatic rings. The molecule has 0 fully saturated rings. The molecule has 0 heterocycles. The van der Waals surface area contributed by atoms with E-state index in [1.54, 1.807) is 0 Å². The summed E-state index contributed by atoms with van der Waals surface area (Å²) in [5.41, 5.74) is 1.17. The lowest BCUT2D eigenvalue weighted by atomic mass is 10.2. The molecule has 2 heteroatoms. The molecule has 0 bridgehead atoms. The maximum atomic E-state index is 5.64. The lowest BCUT2D eigenvalue weighted by molar-refractivity contribution is 0.305. The van der Waals surface area contributed by atoms with Crippen LogP contribution in [0.4, 0.5) is 0 Å². The smallest absolute Gasteiger partial charge is 0.119 e. The molecule has 1 rings (SSSR count). The van der Waals surface area contributed by atoms with E-state index in [0.717, 1.165) is 18.8 Å². The lowest BCUT2D eigenvalue weighted by Gasteiger charge is -2.07. The maximum absolute atomic E-state index is 5.64. The molecule has 1 radical (unpaired) electrons. The van der Waals surface area contributed by atoms with Gasteiger partial charge in [0.25, 0.3) is 0 Å². The molecule has 89 valence electrons. The number of ether oxygens (including phenoxy) is 1. The molecule has 0 aromatic heterocycles. The molecule has 0 aliphatic heterocycles. The average molecular weight is 219 g/mol. The van der Waals surface area contributed by atoms with Gasteiger partial charge in [-0.2, -0.15) is 0 Å². The lowest BCUT2D eigenvalue weighted by Crippen LogP contribution is -1.98. The van der Waals surface area contributed by atoms with Crippen LogP contribution in [0.5, 0.6) is 5.75 Å². The van der Waals surface area contributed by atoms with Gasteiger partial charge in [0.2, 0.25) is 0 Å². The summed E-state index contributed by atoms with van der Waals surface area (Å²) >= 11 is 0. The van der Waals surface area contributed by atoms with E-state index in [2.05, 4.69) is 19.3 Å². The van der Waals surface area contributed by atoms with Gasteiger partial charge in [0.15, 0.2) is 0 Å². The van der Waals surface area contributed by atoms with E-state index >= 15 is 0 Å². The first-order valence-corrected chi connectivity index (χ1v) is 6.01. The van der Waals surface area contributed by atoms with Crippen LogP contribution < -0.4 is 10.1 Å². The molecule has 2 nitrogen and oxygen atoms in total. The van der Waals surface area contributed by atoms with Gasteiger partial charge in [-0.15, -0.1) is 0 Å². The van der Waals surface area contributed by atoms with Crippen molar-refractivity contribution >= 4 is 0 Å². The molecule has 0 aliphatic carbocycles. The van der Waals surface area contributed by atoms with Gasteiger partial charge in [-0.05, 0) is 24.1 Å². The van der Waals surface area contributed by atoms with Crippen LogP contribution in [-0.2, 0) is 6.54 Å². The van der Waals surface area contributed by atoms with Gasteiger partial charge in [0.1, 0.15) is 5.75 Å². The highest BCUT2D eigenvalue weighted by molar-refractivity contribution is 5.27. The Morgan fingerprint density at radius 3 is 2.50 bits per heavy atom. The molecule has 16 heavy (non-hydrogen) atoms. The third kappa shape index (κ3) is 5.17. The Morgan fingerprint density at radius 2 is 1.88 bits per heavy atom. The summed E-state index contributed by atoms with van der Waals surface area (Å²) in [5.74, 6) is 0.948. The van der Waals surface area contributed by atoms with E-state index < -0.39 is 0 Å². The van der Waals surface area contributed by atoms with Crippen molar-refractivity contribution in [2.45, 2.75) is 39.2 Å². The van der Waals surface area contributed by atoms with Crippen molar-refractivity contribution in [2.75, 3.05) is 6.61 Å². The Kier molecular flexibility index (Phi) is 6.66. The number of unbranched alkanes of at least 4 members (excludes halogenated alkanes) is 3. The normalized spacial score (nSPS) is 10.4. The fourth-order valence-electron chi connectivity index (χ4n) is 1.54. The van der Waals surface area contributed by atoms with E-state index in [-0.39, 0.29) is 0 Å². The Hall–Kier alpha value is -1.02. The fraction of sp³-hybridized carbons (Fsp3) is 0.500. The van der Waals surface area contributed by atoms with E-state index in [1.807, 2.05) is 24.3 Å². The monoisotopic (exact) mass is 219 g/mol. The zero-order valence-corrected chi connectivity index (χ0v) is 10.1. The van der Waals surface area contributed by atoms with Gasteiger partial charge in [-0.3, -0.25) is 7.05 Å². The highest BCUT2D eigenvalue weighted by atomic mass is 16.5. The highest BCUT2D eigenvalue weighted by Crippen LogP contribution is 2.13. The van der Waals surface area contributed by atoms with Crippen LogP contribution >= 0.6 is 0 Å². The van der Waals surface area contributed by atoms with Crippen molar-refractivity contribution in [1.29, 1.82) is 0 Å². The Morgan fingerprint density at radius 1 is 1.12 bits per heavy atom. The van der Waals surface area contributed by atoms with Crippen LogP contribution in [-0.4, -0.2) is 6.61 Å². The molecule has 0 aliphatic rings. The molecule has 1 aromatic carbocycles. The van der Waals surface area contributed by atoms with Crippen LogP contribution in [0.3, 0.4) is 0 Å². The van der Waals surface area contributed by atoms with Crippen LogP contribution in [0.25, 0.3) is 0 Å². The van der Waals surface area contributed by atoms with Crippen LogP contribution in [0.1, 0.15) is 38.2 Å². The zero-order chi connectivity index (χ0) is 11.6. The molecule has 0 spiro atoms. The first kappa shape index (κ1) is 13.0. The second-order valence-corrected chi connectivity index (χ2v) is 3.93. The molecule has 0 atom stereocenters. The molecular weight excluding hydrogens is 198 g/mol. The summed E-state index contributed by atoms with van der Waals surface area (Å²) in [6.07, 6.45) is 4.97. The van der Waals surface area contributed by atoms with Crippen molar-refractivity contribution in [3.05, 3.63) is 36.9 Å². The van der Waals surface area contributed by atoms with Crippen molar-refractivity contribution in [2.24, 2.45) is 0 Å². The number of benzene rings is 1. The summed E-state index contributed by atoms with van der Waals surface area (Å²) in [4.78, 5) is 0.